The molecule has 1 saturated heterocycles. The fourth-order valence-corrected chi connectivity index (χ4v) is 2.50. The highest BCUT2D eigenvalue weighted by molar-refractivity contribution is 9.10. The van der Waals surface area contributed by atoms with E-state index in [1.165, 1.54) is 0 Å². The number of carbonyl (C=O) groups is 1. The van der Waals surface area contributed by atoms with E-state index in [1.807, 2.05) is 31.2 Å². The van der Waals surface area contributed by atoms with Crippen LogP contribution in [0.25, 0.3) is 0 Å². The van der Waals surface area contributed by atoms with Gasteiger partial charge in [0.25, 0.3) is 0 Å². The quantitative estimate of drug-likeness (QED) is 0.868. The van der Waals surface area contributed by atoms with Crippen LogP contribution in [0.3, 0.4) is 0 Å². The van der Waals surface area contributed by atoms with Crippen molar-refractivity contribution in [1.29, 1.82) is 0 Å². The minimum atomic E-state index is -0.868. The van der Waals surface area contributed by atoms with Crippen LogP contribution < -0.4 is 11.1 Å². The summed E-state index contributed by atoms with van der Waals surface area (Å²) in [6.45, 7) is 3.25. The summed E-state index contributed by atoms with van der Waals surface area (Å²) < 4.78 is 6.54. The topological polar surface area (TPSA) is 64.3 Å². The van der Waals surface area contributed by atoms with Crippen molar-refractivity contribution in [1.82, 2.24) is 5.32 Å². The maximum absolute atomic E-state index is 11.8. The van der Waals surface area contributed by atoms with Crippen LogP contribution in [-0.4, -0.2) is 25.2 Å². The Hall–Kier alpha value is -0.910. The van der Waals surface area contributed by atoms with Gasteiger partial charge in [-0.15, -0.1) is 0 Å². The summed E-state index contributed by atoms with van der Waals surface area (Å²) in [6.07, 6.45) is 2.29. The van der Waals surface area contributed by atoms with E-state index in [1.54, 1.807) is 0 Å². The second kappa shape index (κ2) is 6.03. The Morgan fingerprint density at radius 3 is 2.74 bits per heavy atom. The lowest BCUT2D eigenvalue weighted by Gasteiger charge is -2.29. The van der Waals surface area contributed by atoms with Gasteiger partial charge in [-0.2, -0.15) is 0 Å². The van der Waals surface area contributed by atoms with E-state index < -0.39 is 5.54 Å². The van der Waals surface area contributed by atoms with Gasteiger partial charge < -0.3 is 10.5 Å². The smallest absolute Gasteiger partial charge is 0.242 e. The highest BCUT2D eigenvalue weighted by atomic mass is 79.9. The van der Waals surface area contributed by atoms with Gasteiger partial charge in [0.1, 0.15) is 5.54 Å². The van der Waals surface area contributed by atoms with E-state index in [2.05, 4.69) is 21.2 Å². The molecule has 3 N–H and O–H groups in total. The molecule has 0 spiro atoms. The van der Waals surface area contributed by atoms with Gasteiger partial charge in [-0.25, -0.2) is 0 Å². The molecule has 0 bridgehead atoms. The zero-order chi connectivity index (χ0) is 13.9. The molecule has 0 aliphatic carbocycles. The summed E-state index contributed by atoms with van der Waals surface area (Å²) in [5, 5.41) is 3.26. The Balaban J connectivity index is 2.12. The molecule has 0 saturated carbocycles. The van der Waals surface area contributed by atoms with Crippen molar-refractivity contribution < 1.29 is 9.53 Å². The highest BCUT2D eigenvalue weighted by Crippen LogP contribution is 2.23. The third kappa shape index (κ3) is 3.35. The van der Waals surface area contributed by atoms with Crippen LogP contribution >= 0.6 is 15.9 Å². The molecule has 0 radical (unpaired) electrons. The maximum atomic E-state index is 11.8. The van der Waals surface area contributed by atoms with E-state index >= 15 is 0 Å². The average Bonchev–Trinajstić information content (AvgIpc) is 2.89. The largest absolute Gasteiger partial charge is 0.377 e. The average molecular weight is 327 g/mol. The summed E-state index contributed by atoms with van der Waals surface area (Å²) in [6, 6.07) is 7.61. The Morgan fingerprint density at radius 2 is 2.21 bits per heavy atom. The number of halogens is 1. The number of nitrogens with two attached hydrogens (primary N) is 1. The monoisotopic (exact) mass is 326 g/mol. The lowest BCUT2D eigenvalue weighted by molar-refractivity contribution is -0.124. The number of benzene rings is 1. The molecule has 2 atom stereocenters. The van der Waals surface area contributed by atoms with Crippen molar-refractivity contribution in [2.45, 2.75) is 31.4 Å². The lowest BCUT2D eigenvalue weighted by atomic mass is 9.91. The number of rotatable bonds is 5. The van der Waals surface area contributed by atoms with Crippen LogP contribution in [0.5, 0.6) is 0 Å². The van der Waals surface area contributed by atoms with E-state index in [4.69, 9.17) is 10.5 Å². The first-order valence-corrected chi connectivity index (χ1v) is 7.24. The van der Waals surface area contributed by atoms with Crippen molar-refractivity contribution in [2.75, 3.05) is 13.2 Å². The van der Waals surface area contributed by atoms with E-state index in [9.17, 15) is 4.79 Å². The Kier molecular flexibility index (Phi) is 4.60. The predicted molar refractivity (Wildman–Crippen MR) is 77.7 cm³/mol. The van der Waals surface area contributed by atoms with Crippen molar-refractivity contribution in [3.8, 4) is 0 Å². The summed E-state index contributed by atoms with van der Waals surface area (Å²) >= 11 is 3.39. The fourth-order valence-electron chi connectivity index (χ4n) is 2.24. The first-order valence-electron chi connectivity index (χ1n) is 6.45. The zero-order valence-corrected chi connectivity index (χ0v) is 12.6. The molecule has 4 nitrogen and oxygen atoms in total. The molecular formula is C14H19BrN2O2. The molecule has 1 fully saturated rings. The van der Waals surface area contributed by atoms with Gasteiger partial charge in [-0.3, -0.25) is 10.1 Å². The fraction of sp³-hybridized carbons (Fsp3) is 0.500. The molecule has 5 heteroatoms. The summed E-state index contributed by atoms with van der Waals surface area (Å²) in [4.78, 5) is 11.8. The van der Waals surface area contributed by atoms with Crippen LogP contribution in [-0.2, 0) is 15.1 Å². The second-order valence-electron chi connectivity index (χ2n) is 5.01. The first-order chi connectivity index (χ1) is 9.02. The predicted octanol–water partition coefficient (Wildman–Crippen LogP) is 1.92. The maximum Gasteiger partial charge on any atom is 0.242 e. The third-order valence-corrected chi connectivity index (χ3v) is 4.15. The van der Waals surface area contributed by atoms with Crippen LogP contribution in [0, 0.1) is 0 Å². The number of hydrogen-bond acceptors (Lipinski definition) is 3. The molecule has 19 heavy (non-hydrogen) atoms. The number of nitrogens with one attached hydrogen (secondary N) is 1. The molecule has 104 valence electrons. The molecule has 1 aliphatic heterocycles. The van der Waals surface area contributed by atoms with Gasteiger partial charge in [0, 0.05) is 17.6 Å². The standard InChI is InChI=1S/C14H19BrN2O2/c1-14(13(16)18,10-4-6-11(15)7-5-10)17-9-12-3-2-8-19-12/h4-7,12,17H,2-3,8-9H2,1H3,(H2,16,18). The minimum absolute atomic E-state index is 0.175. The molecular weight excluding hydrogens is 308 g/mol. The molecule has 2 rings (SSSR count). The van der Waals surface area contributed by atoms with E-state index in [0.29, 0.717) is 6.54 Å². The van der Waals surface area contributed by atoms with Crippen molar-refractivity contribution >= 4 is 21.8 Å². The number of amides is 1. The normalized spacial score (nSPS) is 22.1. The summed E-state index contributed by atoms with van der Waals surface area (Å²) in [5.41, 5.74) is 5.57. The molecule has 1 aromatic rings. The minimum Gasteiger partial charge on any atom is -0.377 e. The molecule has 1 aromatic carbocycles. The first kappa shape index (κ1) is 14.5. The van der Waals surface area contributed by atoms with Gasteiger partial charge in [-0.05, 0) is 37.5 Å². The van der Waals surface area contributed by atoms with E-state index in [0.717, 1.165) is 29.5 Å². The zero-order valence-electron chi connectivity index (χ0n) is 11.0. The summed E-state index contributed by atoms with van der Waals surface area (Å²) in [5.74, 6) is -0.382. The number of ether oxygens (including phenoxy) is 1. The van der Waals surface area contributed by atoms with Gasteiger partial charge >= 0.3 is 0 Å². The Labute approximate surface area is 121 Å². The van der Waals surface area contributed by atoms with Gasteiger partial charge in [0.2, 0.25) is 5.91 Å². The number of primary amides is 1. The van der Waals surface area contributed by atoms with E-state index in [-0.39, 0.29) is 12.0 Å². The van der Waals surface area contributed by atoms with Gasteiger partial charge in [0.05, 0.1) is 6.10 Å². The van der Waals surface area contributed by atoms with Crippen LogP contribution in [0.15, 0.2) is 28.7 Å². The van der Waals surface area contributed by atoms with Crippen LogP contribution in [0.2, 0.25) is 0 Å². The molecule has 1 amide bonds. The van der Waals surface area contributed by atoms with Crippen molar-refractivity contribution in [3.63, 3.8) is 0 Å². The third-order valence-electron chi connectivity index (χ3n) is 3.62. The lowest BCUT2D eigenvalue weighted by Crippen LogP contribution is -2.52. The van der Waals surface area contributed by atoms with Crippen LogP contribution in [0.1, 0.15) is 25.3 Å². The Bertz CT molecular complexity index is 443. The van der Waals surface area contributed by atoms with Gasteiger partial charge in [-0.1, -0.05) is 28.1 Å². The molecule has 0 aromatic heterocycles. The van der Waals surface area contributed by atoms with Crippen molar-refractivity contribution in [3.05, 3.63) is 34.3 Å². The van der Waals surface area contributed by atoms with Gasteiger partial charge in [0.15, 0.2) is 0 Å². The molecule has 1 heterocycles. The SMILES string of the molecule is CC(NCC1CCCO1)(C(N)=O)c1ccc(Br)cc1. The molecule has 2 unspecified atom stereocenters. The van der Waals surface area contributed by atoms with Crippen LogP contribution in [0.4, 0.5) is 0 Å². The number of hydrogen-bond donors (Lipinski definition) is 2. The van der Waals surface area contributed by atoms with Crippen molar-refractivity contribution in [2.24, 2.45) is 5.73 Å². The number of carbonyl (C=O) groups excluding carboxylic acids is 1. The highest BCUT2D eigenvalue weighted by Gasteiger charge is 2.33. The Morgan fingerprint density at radius 1 is 1.53 bits per heavy atom. The second-order valence-corrected chi connectivity index (χ2v) is 5.93. The summed E-state index contributed by atoms with van der Waals surface area (Å²) in [7, 11) is 0. The molecule has 1 aliphatic rings.